The van der Waals surface area contributed by atoms with Crippen molar-refractivity contribution in [1.29, 1.82) is 0 Å². The van der Waals surface area contributed by atoms with Crippen LogP contribution in [-0.4, -0.2) is 19.1 Å². The minimum absolute atomic E-state index is 0.329. The molecule has 0 bridgehead atoms. The maximum absolute atomic E-state index is 11.8. The third-order valence-electron chi connectivity index (χ3n) is 3.28. The molecule has 0 saturated heterocycles. The predicted octanol–water partition coefficient (Wildman–Crippen LogP) is 3.24. The van der Waals surface area contributed by atoms with Crippen LogP contribution in [0.4, 0.5) is 5.69 Å². The van der Waals surface area contributed by atoms with Gasteiger partial charge in [0.2, 0.25) is 0 Å². The topological polar surface area (TPSA) is 76.4 Å². The number of hydrogen-bond acceptors (Lipinski definition) is 4. The Bertz CT molecular complexity index is 659. The summed E-state index contributed by atoms with van der Waals surface area (Å²) in [4.78, 5) is 11.8. The van der Waals surface area contributed by atoms with Crippen molar-refractivity contribution in [2.45, 2.75) is 13.3 Å². The number of halogens is 1. The number of ether oxygens (including phenoxy) is 1. The molecule has 2 rings (SSSR count). The number of hydrazine groups is 1. The van der Waals surface area contributed by atoms with Gasteiger partial charge in [-0.2, -0.15) is 0 Å². The zero-order valence-corrected chi connectivity index (χ0v) is 14.5. The fraction of sp³-hybridized carbons (Fsp3) is 0.235. The van der Waals surface area contributed by atoms with E-state index in [1.165, 1.54) is 5.56 Å². The second-order valence-corrected chi connectivity index (χ2v) is 6.02. The van der Waals surface area contributed by atoms with E-state index >= 15 is 0 Å². The summed E-state index contributed by atoms with van der Waals surface area (Å²) < 4.78 is 6.49. The Morgan fingerprint density at radius 2 is 1.96 bits per heavy atom. The van der Waals surface area contributed by atoms with Crippen LogP contribution in [0, 0.1) is 6.92 Å². The largest absolute Gasteiger partial charge is 0.494 e. The molecule has 1 amide bonds. The van der Waals surface area contributed by atoms with E-state index in [0.717, 1.165) is 22.3 Å². The highest BCUT2D eigenvalue weighted by molar-refractivity contribution is 9.10. The van der Waals surface area contributed by atoms with E-state index in [9.17, 15) is 4.79 Å². The van der Waals surface area contributed by atoms with E-state index in [1.54, 1.807) is 6.07 Å². The van der Waals surface area contributed by atoms with Crippen molar-refractivity contribution in [2.75, 3.05) is 18.5 Å². The van der Waals surface area contributed by atoms with Gasteiger partial charge in [-0.15, -0.1) is 0 Å². The lowest BCUT2D eigenvalue weighted by Gasteiger charge is -2.12. The van der Waals surface area contributed by atoms with Gasteiger partial charge in [0.15, 0.2) is 0 Å². The molecule has 2 aromatic rings. The Morgan fingerprint density at radius 1 is 1.22 bits per heavy atom. The maximum Gasteiger partial charge on any atom is 0.267 e. The van der Waals surface area contributed by atoms with Crippen molar-refractivity contribution in [3.8, 4) is 5.75 Å². The second-order valence-electron chi connectivity index (χ2n) is 5.11. The molecule has 0 unspecified atom stereocenters. The Labute approximate surface area is 144 Å². The van der Waals surface area contributed by atoms with E-state index in [0.29, 0.717) is 18.7 Å². The normalized spacial score (nSPS) is 10.2. The fourth-order valence-electron chi connectivity index (χ4n) is 2.06. The molecule has 5 nitrogen and oxygen atoms in total. The molecular formula is C17H20BrN3O2. The standard InChI is InChI=1S/C17H20BrN3O2/c1-12-3-6-14(7-4-12)23-10-2-9-20-16-8-5-13(18)11-15(16)17(22)21-19/h3-8,11,20H,2,9-10,19H2,1H3,(H,21,22). The van der Waals surface area contributed by atoms with E-state index in [2.05, 4.69) is 26.7 Å². The number of carbonyl (C=O) groups excluding carboxylic acids is 1. The Hall–Kier alpha value is -2.05. The number of rotatable bonds is 7. The van der Waals surface area contributed by atoms with Gasteiger partial charge in [0.1, 0.15) is 5.75 Å². The molecule has 0 aliphatic carbocycles. The van der Waals surface area contributed by atoms with Crippen LogP contribution in [-0.2, 0) is 0 Å². The number of carbonyl (C=O) groups is 1. The molecule has 0 aromatic heterocycles. The second kappa shape index (κ2) is 8.55. The number of nitrogens with two attached hydrogens (primary N) is 1. The summed E-state index contributed by atoms with van der Waals surface area (Å²) in [6.45, 7) is 3.34. The third-order valence-corrected chi connectivity index (χ3v) is 3.78. The maximum atomic E-state index is 11.8. The quantitative estimate of drug-likeness (QED) is 0.299. The van der Waals surface area contributed by atoms with Crippen LogP contribution in [0.5, 0.6) is 5.75 Å². The highest BCUT2D eigenvalue weighted by atomic mass is 79.9. The summed E-state index contributed by atoms with van der Waals surface area (Å²) >= 11 is 3.35. The van der Waals surface area contributed by atoms with Crippen molar-refractivity contribution >= 4 is 27.5 Å². The van der Waals surface area contributed by atoms with Crippen LogP contribution in [0.15, 0.2) is 46.9 Å². The first-order valence-electron chi connectivity index (χ1n) is 7.34. The van der Waals surface area contributed by atoms with E-state index in [-0.39, 0.29) is 5.91 Å². The molecule has 0 aliphatic rings. The van der Waals surface area contributed by atoms with Crippen molar-refractivity contribution in [2.24, 2.45) is 5.84 Å². The molecule has 0 heterocycles. The fourth-order valence-corrected chi connectivity index (χ4v) is 2.42. The van der Waals surface area contributed by atoms with Gasteiger partial charge in [-0.25, -0.2) is 5.84 Å². The molecule has 0 radical (unpaired) electrons. The summed E-state index contributed by atoms with van der Waals surface area (Å²) in [6.07, 6.45) is 0.813. The highest BCUT2D eigenvalue weighted by Crippen LogP contribution is 2.21. The SMILES string of the molecule is Cc1ccc(OCCCNc2ccc(Br)cc2C(=O)NN)cc1. The number of hydrogen-bond donors (Lipinski definition) is 3. The molecule has 0 aliphatic heterocycles. The van der Waals surface area contributed by atoms with E-state index in [1.807, 2.05) is 43.3 Å². The van der Waals surface area contributed by atoms with Crippen LogP contribution in [0.3, 0.4) is 0 Å². The Morgan fingerprint density at radius 3 is 2.65 bits per heavy atom. The van der Waals surface area contributed by atoms with Crippen molar-refractivity contribution in [1.82, 2.24) is 5.43 Å². The monoisotopic (exact) mass is 377 g/mol. The summed E-state index contributed by atoms with van der Waals surface area (Å²) in [7, 11) is 0. The molecule has 0 spiro atoms. The smallest absolute Gasteiger partial charge is 0.267 e. The Balaban J connectivity index is 1.82. The van der Waals surface area contributed by atoms with Gasteiger partial charge in [0, 0.05) is 16.7 Å². The molecule has 4 N–H and O–H groups in total. The molecule has 122 valence electrons. The summed E-state index contributed by atoms with van der Waals surface area (Å²) in [5.74, 6) is 5.75. The summed E-state index contributed by atoms with van der Waals surface area (Å²) in [6, 6.07) is 13.4. The lowest BCUT2D eigenvalue weighted by molar-refractivity contribution is 0.0954. The van der Waals surface area contributed by atoms with Gasteiger partial charge in [-0.05, 0) is 43.7 Å². The van der Waals surface area contributed by atoms with Crippen LogP contribution in [0.2, 0.25) is 0 Å². The van der Waals surface area contributed by atoms with Crippen LogP contribution in [0.1, 0.15) is 22.3 Å². The molecule has 23 heavy (non-hydrogen) atoms. The van der Waals surface area contributed by atoms with Gasteiger partial charge < -0.3 is 10.1 Å². The first-order chi connectivity index (χ1) is 11.1. The lowest BCUT2D eigenvalue weighted by Crippen LogP contribution is -2.30. The van der Waals surface area contributed by atoms with Gasteiger partial charge in [-0.3, -0.25) is 10.2 Å². The zero-order chi connectivity index (χ0) is 16.7. The number of benzene rings is 2. The van der Waals surface area contributed by atoms with Crippen LogP contribution < -0.4 is 21.3 Å². The number of nitrogens with one attached hydrogen (secondary N) is 2. The van der Waals surface area contributed by atoms with Crippen molar-refractivity contribution in [3.63, 3.8) is 0 Å². The van der Waals surface area contributed by atoms with Gasteiger partial charge in [0.05, 0.1) is 12.2 Å². The number of anilines is 1. The molecule has 2 aromatic carbocycles. The zero-order valence-electron chi connectivity index (χ0n) is 12.9. The number of aryl methyl sites for hydroxylation is 1. The summed E-state index contributed by atoms with van der Waals surface area (Å²) in [5, 5.41) is 3.23. The van der Waals surface area contributed by atoms with E-state index < -0.39 is 0 Å². The van der Waals surface area contributed by atoms with Crippen LogP contribution in [0.25, 0.3) is 0 Å². The van der Waals surface area contributed by atoms with Crippen molar-refractivity contribution < 1.29 is 9.53 Å². The highest BCUT2D eigenvalue weighted by Gasteiger charge is 2.10. The van der Waals surface area contributed by atoms with Gasteiger partial charge in [-0.1, -0.05) is 33.6 Å². The van der Waals surface area contributed by atoms with Gasteiger partial charge >= 0.3 is 0 Å². The Kier molecular flexibility index (Phi) is 6.43. The predicted molar refractivity (Wildman–Crippen MR) is 95.6 cm³/mol. The average Bonchev–Trinajstić information content (AvgIpc) is 2.56. The molecular weight excluding hydrogens is 358 g/mol. The minimum atomic E-state index is -0.329. The minimum Gasteiger partial charge on any atom is -0.494 e. The van der Waals surface area contributed by atoms with E-state index in [4.69, 9.17) is 10.6 Å². The van der Waals surface area contributed by atoms with Gasteiger partial charge in [0.25, 0.3) is 5.91 Å². The number of nitrogen functional groups attached to an aromatic ring is 1. The molecule has 0 saturated carbocycles. The lowest BCUT2D eigenvalue weighted by atomic mass is 10.1. The average molecular weight is 378 g/mol. The first kappa shape index (κ1) is 17.3. The van der Waals surface area contributed by atoms with Crippen LogP contribution >= 0.6 is 15.9 Å². The summed E-state index contributed by atoms with van der Waals surface area (Å²) in [5.41, 5.74) is 4.60. The number of amides is 1. The molecule has 0 atom stereocenters. The molecule has 0 fully saturated rings. The molecule has 6 heteroatoms. The van der Waals surface area contributed by atoms with Crippen molar-refractivity contribution in [3.05, 3.63) is 58.1 Å². The first-order valence-corrected chi connectivity index (χ1v) is 8.13. The third kappa shape index (κ3) is 5.26.